The van der Waals surface area contributed by atoms with Gasteiger partial charge in [0, 0.05) is 43.6 Å². The molecule has 28 heavy (non-hydrogen) atoms. The number of hydrogen-bond acceptors (Lipinski definition) is 4. The van der Waals surface area contributed by atoms with Crippen LogP contribution < -0.4 is 15.8 Å². The van der Waals surface area contributed by atoms with Crippen LogP contribution in [-0.2, 0) is 7.05 Å². The smallest absolute Gasteiger partial charge is 0.264 e. The van der Waals surface area contributed by atoms with E-state index in [0.717, 1.165) is 35.7 Å². The van der Waals surface area contributed by atoms with E-state index >= 15 is 0 Å². The molecule has 0 aliphatic carbocycles. The second-order valence-electron chi connectivity index (χ2n) is 7.14. The van der Waals surface area contributed by atoms with E-state index in [1.54, 1.807) is 6.07 Å². The van der Waals surface area contributed by atoms with E-state index in [4.69, 9.17) is 0 Å². The van der Waals surface area contributed by atoms with Crippen molar-refractivity contribution in [2.24, 2.45) is 7.05 Å². The fourth-order valence-corrected chi connectivity index (χ4v) is 3.68. The van der Waals surface area contributed by atoms with Gasteiger partial charge >= 0.3 is 0 Å². The quantitative estimate of drug-likeness (QED) is 0.729. The number of nitrogens with zero attached hydrogens (tertiary/aromatic N) is 3. The highest BCUT2D eigenvalue weighted by Gasteiger charge is 2.26. The van der Waals surface area contributed by atoms with Gasteiger partial charge in [-0.25, -0.2) is 5.10 Å². The van der Waals surface area contributed by atoms with Crippen molar-refractivity contribution >= 4 is 11.7 Å². The van der Waals surface area contributed by atoms with Gasteiger partial charge in [0.15, 0.2) is 0 Å². The summed E-state index contributed by atoms with van der Waals surface area (Å²) >= 11 is 0. The molecule has 1 saturated heterocycles. The Kier molecular flexibility index (Phi) is 4.73. The van der Waals surface area contributed by atoms with Gasteiger partial charge in [-0.05, 0) is 31.0 Å². The molecule has 0 saturated carbocycles. The highest BCUT2D eigenvalue weighted by atomic mass is 16.1. The SMILES string of the molecule is Cc1c(C(=O)NC2CCN(c3ccc(=O)[nH]n3)C2)cc(-c2ccccc2)n1C. The standard InChI is InChI=1S/C21H23N5O2/c1-14-17(12-18(25(14)2)15-6-4-3-5-7-15)21(28)22-16-10-11-26(13-16)19-8-9-20(27)24-23-19/h3-9,12,16H,10-11,13H2,1-2H3,(H,22,28)(H,24,27). The lowest BCUT2D eigenvalue weighted by molar-refractivity contribution is 0.0939. The number of anilines is 1. The number of amides is 1. The molecule has 1 unspecified atom stereocenters. The van der Waals surface area contributed by atoms with Crippen LogP contribution in [0, 0.1) is 6.92 Å². The van der Waals surface area contributed by atoms with Crippen molar-refractivity contribution in [2.45, 2.75) is 19.4 Å². The highest BCUT2D eigenvalue weighted by Crippen LogP contribution is 2.25. The number of rotatable bonds is 4. The van der Waals surface area contributed by atoms with Crippen LogP contribution in [0.5, 0.6) is 0 Å². The van der Waals surface area contributed by atoms with Crippen molar-refractivity contribution in [1.82, 2.24) is 20.1 Å². The summed E-state index contributed by atoms with van der Waals surface area (Å²) in [6.07, 6.45) is 0.837. The van der Waals surface area contributed by atoms with Gasteiger partial charge in [-0.2, -0.15) is 5.10 Å². The van der Waals surface area contributed by atoms with E-state index in [1.165, 1.54) is 6.07 Å². The Morgan fingerprint density at radius 1 is 1.21 bits per heavy atom. The number of aromatic nitrogens is 3. The fraction of sp³-hybridized carbons (Fsp3) is 0.286. The number of nitrogens with one attached hydrogen (secondary N) is 2. The Morgan fingerprint density at radius 2 is 2.00 bits per heavy atom. The summed E-state index contributed by atoms with van der Waals surface area (Å²) in [5.41, 5.74) is 3.52. The number of hydrogen-bond donors (Lipinski definition) is 2. The molecule has 1 fully saturated rings. The van der Waals surface area contributed by atoms with E-state index < -0.39 is 0 Å². The van der Waals surface area contributed by atoms with Crippen LogP contribution in [0.25, 0.3) is 11.3 Å². The molecule has 4 rings (SSSR count). The zero-order chi connectivity index (χ0) is 19.7. The Balaban J connectivity index is 1.47. The molecule has 0 bridgehead atoms. The molecule has 2 N–H and O–H groups in total. The molecule has 144 valence electrons. The monoisotopic (exact) mass is 377 g/mol. The Bertz CT molecular complexity index is 1030. The lowest BCUT2D eigenvalue weighted by atomic mass is 10.1. The molecule has 3 heterocycles. The predicted octanol–water partition coefficient (Wildman–Crippen LogP) is 2.09. The van der Waals surface area contributed by atoms with Crippen LogP contribution in [-0.4, -0.2) is 39.8 Å². The molecule has 1 atom stereocenters. The molecule has 0 spiro atoms. The Hall–Kier alpha value is -3.35. The minimum atomic E-state index is -0.221. The van der Waals surface area contributed by atoms with Gasteiger partial charge in [0.2, 0.25) is 0 Å². The van der Waals surface area contributed by atoms with Crippen molar-refractivity contribution in [3.05, 3.63) is 70.1 Å². The maximum absolute atomic E-state index is 12.9. The van der Waals surface area contributed by atoms with E-state index in [9.17, 15) is 9.59 Å². The van der Waals surface area contributed by atoms with Crippen LogP contribution in [0.4, 0.5) is 5.82 Å². The van der Waals surface area contributed by atoms with Gasteiger partial charge in [0.1, 0.15) is 5.82 Å². The Labute approximate surface area is 163 Å². The lowest BCUT2D eigenvalue weighted by Gasteiger charge is -2.17. The molecular weight excluding hydrogens is 354 g/mol. The number of H-pyrrole nitrogens is 1. The molecule has 1 aliphatic heterocycles. The maximum Gasteiger partial charge on any atom is 0.264 e. The molecule has 7 heteroatoms. The molecular formula is C21H23N5O2. The predicted molar refractivity (Wildman–Crippen MR) is 109 cm³/mol. The lowest BCUT2D eigenvalue weighted by Crippen LogP contribution is -2.37. The number of carbonyl (C=O) groups excluding carboxylic acids is 1. The first-order valence-corrected chi connectivity index (χ1v) is 9.36. The van der Waals surface area contributed by atoms with Gasteiger partial charge in [-0.15, -0.1) is 0 Å². The van der Waals surface area contributed by atoms with Gasteiger partial charge in [-0.3, -0.25) is 9.59 Å². The zero-order valence-corrected chi connectivity index (χ0v) is 16.0. The van der Waals surface area contributed by atoms with E-state index in [1.807, 2.05) is 50.4 Å². The van der Waals surface area contributed by atoms with Crippen LogP contribution in [0.1, 0.15) is 22.5 Å². The van der Waals surface area contributed by atoms with Crippen molar-refractivity contribution < 1.29 is 4.79 Å². The van der Waals surface area contributed by atoms with Gasteiger partial charge in [0.25, 0.3) is 11.5 Å². The first kappa shape index (κ1) is 18.0. The van der Waals surface area contributed by atoms with E-state index in [-0.39, 0.29) is 17.5 Å². The zero-order valence-electron chi connectivity index (χ0n) is 16.0. The average molecular weight is 377 g/mol. The second kappa shape index (κ2) is 7.34. The average Bonchev–Trinajstić information content (AvgIpc) is 3.28. The molecule has 7 nitrogen and oxygen atoms in total. The van der Waals surface area contributed by atoms with Crippen molar-refractivity contribution in [1.29, 1.82) is 0 Å². The van der Waals surface area contributed by atoms with E-state index in [0.29, 0.717) is 12.1 Å². The minimum Gasteiger partial charge on any atom is -0.353 e. The first-order valence-electron chi connectivity index (χ1n) is 9.36. The van der Waals surface area contributed by atoms with Crippen LogP contribution in [0.2, 0.25) is 0 Å². The molecule has 0 radical (unpaired) electrons. The summed E-state index contributed by atoms with van der Waals surface area (Å²) in [7, 11) is 1.98. The van der Waals surface area contributed by atoms with Crippen LogP contribution in [0.15, 0.2) is 53.3 Å². The first-order chi connectivity index (χ1) is 13.5. The van der Waals surface area contributed by atoms with Crippen molar-refractivity contribution in [3.8, 4) is 11.3 Å². The highest BCUT2D eigenvalue weighted by molar-refractivity contribution is 5.97. The summed E-state index contributed by atoms with van der Waals surface area (Å²) in [6.45, 7) is 3.42. The molecule has 1 aromatic carbocycles. The normalized spacial score (nSPS) is 16.4. The summed E-state index contributed by atoms with van der Waals surface area (Å²) in [6, 6.07) is 15.2. The van der Waals surface area contributed by atoms with Crippen molar-refractivity contribution in [3.63, 3.8) is 0 Å². The fourth-order valence-electron chi connectivity index (χ4n) is 3.68. The van der Waals surface area contributed by atoms with E-state index in [2.05, 4.69) is 25.0 Å². The number of carbonyl (C=O) groups is 1. The van der Waals surface area contributed by atoms with Crippen molar-refractivity contribution in [2.75, 3.05) is 18.0 Å². The third kappa shape index (κ3) is 3.43. The maximum atomic E-state index is 12.9. The third-order valence-electron chi connectivity index (χ3n) is 5.36. The Morgan fingerprint density at radius 3 is 2.71 bits per heavy atom. The molecule has 1 amide bonds. The largest absolute Gasteiger partial charge is 0.353 e. The molecule has 1 aliphatic rings. The van der Waals surface area contributed by atoms with Crippen LogP contribution >= 0.6 is 0 Å². The van der Waals surface area contributed by atoms with Gasteiger partial charge in [-0.1, -0.05) is 30.3 Å². The third-order valence-corrected chi connectivity index (χ3v) is 5.36. The van der Waals surface area contributed by atoms with Gasteiger partial charge < -0.3 is 14.8 Å². The molecule has 3 aromatic rings. The van der Waals surface area contributed by atoms with Gasteiger partial charge in [0.05, 0.1) is 5.56 Å². The molecule has 2 aromatic heterocycles. The summed E-state index contributed by atoms with van der Waals surface area (Å²) in [4.78, 5) is 26.1. The number of aromatic amines is 1. The second-order valence-corrected chi connectivity index (χ2v) is 7.14. The summed E-state index contributed by atoms with van der Waals surface area (Å²) in [5.74, 6) is 0.662. The minimum absolute atomic E-state index is 0.0426. The summed E-state index contributed by atoms with van der Waals surface area (Å²) in [5, 5.41) is 9.67. The van der Waals surface area contributed by atoms with Crippen LogP contribution in [0.3, 0.4) is 0 Å². The topological polar surface area (TPSA) is 83.0 Å². The summed E-state index contributed by atoms with van der Waals surface area (Å²) < 4.78 is 2.05. The number of benzene rings is 1.